The van der Waals surface area contributed by atoms with Gasteiger partial charge in [-0.2, -0.15) is 0 Å². The van der Waals surface area contributed by atoms with Gasteiger partial charge < -0.3 is 4.98 Å². The fourth-order valence-electron chi connectivity index (χ4n) is 2.16. The van der Waals surface area contributed by atoms with Crippen LogP contribution in [-0.4, -0.2) is 24.5 Å². The van der Waals surface area contributed by atoms with Gasteiger partial charge in [-0.25, -0.2) is 9.78 Å². The Kier molecular flexibility index (Phi) is 2.94. The Morgan fingerprint density at radius 3 is 2.65 bits per heavy atom. The van der Waals surface area contributed by atoms with E-state index in [9.17, 15) is 9.59 Å². The normalized spacial score (nSPS) is 11.1. The lowest BCUT2D eigenvalue weighted by molar-refractivity contribution is 0.719. The second-order valence-corrected chi connectivity index (χ2v) is 4.42. The van der Waals surface area contributed by atoms with Crippen LogP contribution in [0, 0.1) is 0 Å². The molecule has 0 bridgehead atoms. The summed E-state index contributed by atoms with van der Waals surface area (Å²) in [7, 11) is 0. The summed E-state index contributed by atoms with van der Waals surface area (Å²) in [5.74, 6) is 0.643. The average molecular weight is 271 g/mol. The van der Waals surface area contributed by atoms with Crippen LogP contribution in [-0.2, 0) is 13.0 Å². The molecule has 0 amide bonds. The van der Waals surface area contributed by atoms with Crippen molar-refractivity contribution in [2.45, 2.75) is 19.9 Å². The predicted molar refractivity (Wildman–Crippen MR) is 73.7 cm³/mol. The lowest BCUT2D eigenvalue weighted by Gasteiger charge is -1.99. The molecule has 0 spiro atoms. The minimum absolute atomic E-state index is 0.329. The summed E-state index contributed by atoms with van der Waals surface area (Å²) in [6.45, 7) is 2.28. The quantitative estimate of drug-likeness (QED) is 0.721. The van der Waals surface area contributed by atoms with E-state index in [1.54, 1.807) is 12.4 Å². The summed E-state index contributed by atoms with van der Waals surface area (Å²) in [6.07, 6.45) is 3.95. The Bertz CT molecular complexity index is 860. The molecule has 0 aliphatic heterocycles. The molecular weight excluding hydrogens is 258 g/mol. The molecule has 0 fully saturated rings. The molecule has 3 rings (SSSR count). The molecule has 0 saturated carbocycles. The molecule has 7 heteroatoms. The van der Waals surface area contributed by atoms with Gasteiger partial charge in [-0.1, -0.05) is 0 Å². The van der Waals surface area contributed by atoms with E-state index < -0.39 is 11.2 Å². The molecule has 0 aliphatic rings. The van der Waals surface area contributed by atoms with Crippen molar-refractivity contribution in [1.29, 1.82) is 0 Å². The van der Waals surface area contributed by atoms with E-state index in [2.05, 4.69) is 19.9 Å². The van der Waals surface area contributed by atoms with Crippen molar-refractivity contribution in [3.63, 3.8) is 0 Å². The third kappa shape index (κ3) is 2.03. The second kappa shape index (κ2) is 4.76. The number of pyridine rings is 1. The Hall–Kier alpha value is -2.70. The molecule has 20 heavy (non-hydrogen) atoms. The van der Waals surface area contributed by atoms with Gasteiger partial charge in [0.05, 0.1) is 0 Å². The minimum Gasteiger partial charge on any atom is -0.336 e. The zero-order chi connectivity index (χ0) is 14.1. The lowest BCUT2D eigenvalue weighted by atomic mass is 10.2. The molecule has 3 aromatic rings. The van der Waals surface area contributed by atoms with Crippen molar-refractivity contribution in [2.24, 2.45) is 0 Å². The number of aryl methyl sites for hydroxylation is 1. The van der Waals surface area contributed by atoms with Crippen LogP contribution in [0.5, 0.6) is 0 Å². The van der Waals surface area contributed by atoms with Gasteiger partial charge in [0.2, 0.25) is 0 Å². The van der Waals surface area contributed by atoms with E-state index in [4.69, 9.17) is 0 Å². The highest BCUT2D eigenvalue weighted by molar-refractivity contribution is 5.69. The van der Waals surface area contributed by atoms with Gasteiger partial charge in [0.15, 0.2) is 5.65 Å². The standard InChI is InChI=1S/C13H13N5O2/c1-2-18-11-10(12(19)17-13(18)20)15-9(16-11)7-8-3-5-14-6-4-8/h3-6H,2,7H2,1H3,(H,15,16)(H,17,19,20). The number of nitrogens with zero attached hydrogens (tertiary/aromatic N) is 3. The number of aromatic amines is 2. The SMILES string of the molecule is CCn1c(=O)[nH]c(=O)c2[nH]c(Cc3ccncc3)nc21. The minimum atomic E-state index is -0.442. The van der Waals surface area contributed by atoms with Gasteiger partial charge >= 0.3 is 5.69 Å². The Labute approximate surface area is 113 Å². The highest BCUT2D eigenvalue weighted by Gasteiger charge is 2.12. The molecule has 3 heterocycles. The Balaban J connectivity index is 2.13. The topological polar surface area (TPSA) is 96.4 Å². The van der Waals surface area contributed by atoms with Gasteiger partial charge in [-0.05, 0) is 24.6 Å². The maximum Gasteiger partial charge on any atom is 0.330 e. The van der Waals surface area contributed by atoms with Crippen LogP contribution in [0.1, 0.15) is 18.3 Å². The van der Waals surface area contributed by atoms with E-state index in [1.165, 1.54) is 4.57 Å². The molecule has 0 saturated heterocycles. The van der Waals surface area contributed by atoms with Crippen molar-refractivity contribution in [2.75, 3.05) is 0 Å². The van der Waals surface area contributed by atoms with Crippen molar-refractivity contribution in [1.82, 2.24) is 24.5 Å². The van der Waals surface area contributed by atoms with Crippen LogP contribution < -0.4 is 11.2 Å². The summed E-state index contributed by atoms with van der Waals surface area (Å²) in [6, 6.07) is 3.76. The number of aromatic nitrogens is 5. The highest BCUT2D eigenvalue weighted by atomic mass is 16.2. The van der Waals surface area contributed by atoms with Gasteiger partial charge in [0.1, 0.15) is 11.3 Å². The third-order valence-electron chi connectivity index (χ3n) is 3.12. The smallest absolute Gasteiger partial charge is 0.330 e. The maximum atomic E-state index is 11.8. The van der Waals surface area contributed by atoms with Crippen molar-refractivity contribution < 1.29 is 0 Å². The van der Waals surface area contributed by atoms with Crippen LogP contribution in [0.4, 0.5) is 0 Å². The summed E-state index contributed by atoms with van der Waals surface area (Å²) in [5, 5.41) is 0. The van der Waals surface area contributed by atoms with Gasteiger partial charge in [-0.3, -0.25) is 19.3 Å². The molecule has 7 nitrogen and oxygen atoms in total. The van der Waals surface area contributed by atoms with Gasteiger partial charge in [-0.15, -0.1) is 0 Å². The van der Waals surface area contributed by atoms with Gasteiger partial charge in [0.25, 0.3) is 5.56 Å². The number of H-pyrrole nitrogens is 2. The van der Waals surface area contributed by atoms with Gasteiger partial charge in [0, 0.05) is 25.4 Å². The molecule has 2 N–H and O–H groups in total. The summed E-state index contributed by atoms with van der Waals surface area (Å²) >= 11 is 0. The van der Waals surface area contributed by atoms with Crippen LogP contribution in [0.3, 0.4) is 0 Å². The predicted octanol–water partition coefficient (Wildman–Crippen LogP) is 0.419. The van der Waals surface area contributed by atoms with E-state index in [1.807, 2.05) is 19.1 Å². The Morgan fingerprint density at radius 1 is 1.20 bits per heavy atom. The van der Waals surface area contributed by atoms with E-state index >= 15 is 0 Å². The molecule has 102 valence electrons. The molecule has 0 aromatic carbocycles. The number of nitrogens with one attached hydrogen (secondary N) is 2. The fraction of sp³-hybridized carbons (Fsp3) is 0.231. The number of hydrogen-bond acceptors (Lipinski definition) is 4. The summed E-state index contributed by atoms with van der Waals surface area (Å²) < 4.78 is 1.43. The fourth-order valence-corrected chi connectivity index (χ4v) is 2.16. The number of hydrogen-bond donors (Lipinski definition) is 2. The molecule has 3 aromatic heterocycles. The van der Waals surface area contributed by atoms with Crippen molar-refractivity contribution >= 4 is 11.2 Å². The average Bonchev–Trinajstić information content (AvgIpc) is 2.84. The largest absolute Gasteiger partial charge is 0.336 e. The van der Waals surface area contributed by atoms with Crippen LogP contribution in [0.15, 0.2) is 34.1 Å². The zero-order valence-electron chi connectivity index (χ0n) is 10.9. The number of fused-ring (bicyclic) bond motifs is 1. The third-order valence-corrected chi connectivity index (χ3v) is 3.12. The van der Waals surface area contributed by atoms with E-state index in [0.29, 0.717) is 30.0 Å². The van der Waals surface area contributed by atoms with Crippen LogP contribution >= 0.6 is 0 Å². The monoisotopic (exact) mass is 271 g/mol. The Morgan fingerprint density at radius 2 is 1.95 bits per heavy atom. The van der Waals surface area contributed by atoms with Crippen molar-refractivity contribution in [3.05, 3.63) is 56.8 Å². The first kappa shape index (κ1) is 12.3. The molecule has 0 atom stereocenters. The maximum absolute atomic E-state index is 11.8. The van der Waals surface area contributed by atoms with Crippen LogP contribution in [0.25, 0.3) is 11.2 Å². The number of imidazole rings is 1. The summed E-state index contributed by atoms with van der Waals surface area (Å²) in [5.41, 5.74) is 0.872. The molecule has 0 unspecified atom stereocenters. The van der Waals surface area contributed by atoms with Crippen molar-refractivity contribution in [3.8, 4) is 0 Å². The molecular formula is C13H13N5O2. The highest BCUT2D eigenvalue weighted by Crippen LogP contribution is 2.09. The first-order valence-electron chi connectivity index (χ1n) is 6.29. The zero-order valence-corrected chi connectivity index (χ0v) is 10.9. The summed E-state index contributed by atoms with van der Waals surface area (Å²) in [4.78, 5) is 37.1. The first-order valence-corrected chi connectivity index (χ1v) is 6.29. The van der Waals surface area contributed by atoms with E-state index in [0.717, 1.165) is 5.56 Å². The first-order chi connectivity index (χ1) is 9.69. The second-order valence-electron chi connectivity index (χ2n) is 4.42. The van der Waals surface area contributed by atoms with Crippen LogP contribution in [0.2, 0.25) is 0 Å². The number of rotatable bonds is 3. The molecule has 0 aliphatic carbocycles. The molecule has 0 radical (unpaired) electrons. The van der Waals surface area contributed by atoms with E-state index in [-0.39, 0.29) is 0 Å². The lowest BCUT2D eigenvalue weighted by Crippen LogP contribution is -2.29.